The summed E-state index contributed by atoms with van der Waals surface area (Å²) in [5.41, 5.74) is 1.11. The first kappa shape index (κ1) is 21.4. The minimum Gasteiger partial charge on any atom is -0.379 e. The quantitative estimate of drug-likeness (QED) is 0.626. The van der Waals surface area contributed by atoms with Crippen LogP contribution in [-0.2, 0) is 14.8 Å². The van der Waals surface area contributed by atoms with E-state index in [-0.39, 0.29) is 37.6 Å². The zero-order valence-electron chi connectivity index (χ0n) is 16.2. The van der Waals surface area contributed by atoms with Gasteiger partial charge in [0.2, 0.25) is 10.0 Å². The summed E-state index contributed by atoms with van der Waals surface area (Å²) in [7, 11) is -4.05. The average Bonchev–Trinajstić information content (AvgIpc) is 3.26. The van der Waals surface area contributed by atoms with Crippen molar-refractivity contribution in [3.05, 3.63) is 71.3 Å². The molecule has 4 rings (SSSR count). The smallest absolute Gasteiger partial charge is 0.258 e. The van der Waals surface area contributed by atoms with Crippen LogP contribution in [0.3, 0.4) is 0 Å². The highest BCUT2D eigenvalue weighted by atomic mass is 35.5. The van der Waals surface area contributed by atoms with E-state index < -0.39 is 26.6 Å². The number of ether oxygens (including phenoxy) is 1. The van der Waals surface area contributed by atoms with Gasteiger partial charge in [0.25, 0.3) is 5.91 Å². The molecule has 2 heterocycles. The van der Waals surface area contributed by atoms with Gasteiger partial charge in [0, 0.05) is 30.0 Å². The largest absolute Gasteiger partial charge is 0.379 e. The predicted molar refractivity (Wildman–Crippen MR) is 113 cm³/mol. The van der Waals surface area contributed by atoms with Crippen molar-refractivity contribution in [3.8, 4) is 5.69 Å². The van der Waals surface area contributed by atoms with Crippen LogP contribution in [0.5, 0.6) is 0 Å². The van der Waals surface area contributed by atoms with Crippen LogP contribution in [0.2, 0.25) is 5.02 Å². The summed E-state index contributed by atoms with van der Waals surface area (Å²) >= 11 is 5.88. The van der Waals surface area contributed by atoms with Crippen molar-refractivity contribution < 1.29 is 22.3 Å². The van der Waals surface area contributed by atoms with Gasteiger partial charge < -0.3 is 10.1 Å². The number of halogens is 2. The topological polar surface area (TPSA) is 93.5 Å². The Hall–Kier alpha value is -2.79. The van der Waals surface area contributed by atoms with E-state index in [0.29, 0.717) is 10.7 Å². The molecule has 2 aromatic carbocycles. The van der Waals surface area contributed by atoms with Crippen molar-refractivity contribution in [2.75, 3.05) is 31.6 Å². The molecule has 1 aliphatic rings. The van der Waals surface area contributed by atoms with Gasteiger partial charge in [0.1, 0.15) is 10.7 Å². The lowest BCUT2D eigenvalue weighted by Gasteiger charge is -2.26. The molecule has 31 heavy (non-hydrogen) atoms. The number of hydrogen-bond donors (Lipinski definition) is 1. The first-order valence-corrected chi connectivity index (χ1v) is 11.2. The van der Waals surface area contributed by atoms with Crippen molar-refractivity contribution in [1.82, 2.24) is 14.1 Å². The highest BCUT2D eigenvalue weighted by Gasteiger charge is 2.29. The molecule has 0 saturated carbocycles. The summed E-state index contributed by atoms with van der Waals surface area (Å²) in [6.07, 6.45) is 2.90. The molecule has 0 aliphatic carbocycles. The van der Waals surface area contributed by atoms with Gasteiger partial charge in [-0.1, -0.05) is 11.6 Å². The number of anilines is 1. The molecule has 0 unspecified atom stereocenters. The second-order valence-corrected chi connectivity index (χ2v) is 9.11. The van der Waals surface area contributed by atoms with Crippen LogP contribution >= 0.6 is 11.6 Å². The number of carbonyl (C=O) groups excluding carboxylic acids is 1. The van der Waals surface area contributed by atoms with Crippen molar-refractivity contribution in [2.24, 2.45) is 0 Å². The Morgan fingerprint density at radius 3 is 2.55 bits per heavy atom. The molecule has 0 bridgehead atoms. The maximum absolute atomic E-state index is 14.3. The number of amides is 1. The van der Waals surface area contributed by atoms with Gasteiger partial charge in [-0.15, -0.1) is 0 Å². The molecule has 162 valence electrons. The molecule has 0 atom stereocenters. The van der Waals surface area contributed by atoms with Crippen molar-refractivity contribution in [2.45, 2.75) is 4.90 Å². The number of sulfonamides is 1. The summed E-state index contributed by atoms with van der Waals surface area (Å²) in [6, 6.07) is 10.3. The van der Waals surface area contributed by atoms with Gasteiger partial charge in [-0.05, 0) is 42.5 Å². The number of rotatable bonds is 5. The molecule has 1 aromatic heterocycles. The van der Waals surface area contributed by atoms with Crippen LogP contribution in [-0.4, -0.2) is 54.7 Å². The molecule has 1 N–H and O–H groups in total. The molecule has 0 spiro atoms. The molecule has 1 saturated heterocycles. The van der Waals surface area contributed by atoms with Crippen LogP contribution in [0.15, 0.2) is 59.8 Å². The van der Waals surface area contributed by atoms with Crippen LogP contribution in [0.4, 0.5) is 10.1 Å². The van der Waals surface area contributed by atoms with E-state index in [2.05, 4.69) is 10.4 Å². The van der Waals surface area contributed by atoms with E-state index in [1.165, 1.54) is 23.1 Å². The first-order valence-electron chi connectivity index (χ1n) is 9.34. The van der Waals surface area contributed by atoms with E-state index >= 15 is 0 Å². The molecule has 0 radical (unpaired) electrons. The Morgan fingerprint density at radius 2 is 1.84 bits per heavy atom. The Balaban J connectivity index is 1.54. The number of nitrogens with zero attached hydrogens (tertiary/aromatic N) is 3. The van der Waals surface area contributed by atoms with Gasteiger partial charge in [-0.3, -0.25) is 4.79 Å². The molecular weight excluding hydrogens is 447 g/mol. The average molecular weight is 465 g/mol. The first-order chi connectivity index (χ1) is 14.8. The summed E-state index contributed by atoms with van der Waals surface area (Å²) in [4.78, 5) is 12.1. The number of aromatic nitrogens is 2. The lowest BCUT2D eigenvalue weighted by atomic mass is 10.2. The number of carbonyl (C=O) groups is 1. The Morgan fingerprint density at radius 1 is 1.13 bits per heavy atom. The third-order valence-corrected chi connectivity index (χ3v) is 6.88. The number of hydrogen-bond acceptors (Lipinski definition) is 5. The van der Waals surface area contributed by atoms with Crippen LogP contribution in [0.25, 0.3) is 5.69 Å². The van der Waals surface area contributed by atoms with E-state index in [0.717, 1.165) is 16.4 Å². The fraction of sp³-hybridized carbons (Fsp3) is 0.200. The Kier molecular flexibility index (Phi) is 6.05. The van der Waals surface area contributed by atoms with E-state index in [1.807, 2.05) is 0 Å². The summed E-state index contributed by atoms with van der Waals surface area (Å²) in [5.74, 6) is -1.40. The maximum Gasteiger partial charge on any atom is 0.258 e. The van der Waals surface area contributed by atoms with Crippen molar-refractivity contribution in [1.29, 1.82) is 0 Å². The third-order valence-electron chi connectivity index (χ3n) is 4.71. The van der Waals surface area contributed by atoms with Crippen LogP contribution in [0.1, 0.15) is 10.4 Å². The highest BCUT2D eigenvalue weighted by Crippen LogP contribution is 2.24. The van der Waals surface area contributed by atoms with Crippen LogP contribution < -0.4 is 5.32 Å². The van der Waals surface area contributed by atoms with E-state index in [1.54, 1.807) is 24.3 Å². The Bertz CT molecular complexity index is 1210. The fourth-order valence-corrected chi connectivity index (χ4v) is 4.71. The zero-order chi connectivity index (χ0) is 22.0. The number of nitrogens with one attached hydrogen (secondary N) is 1. The maximum atomic E-state index is 14.3. The molecule has 3 aromatic rings. The standard InChI is InChI=1S/C20H18ClFN4O4S/c21-15-1-4-17(5-2-15)26-13-14(12-23-26)20(27)24-16-3-6-18(22)19(11-16)31(28,29)25-7-9-30-10-8-25/h1-6,11-13H,7-10H2,(H,24,27). The zero-order valence-corrected chi connectivity index (χ0v) is 17.7. The lowest BCUT2D eigenvalue weighted by molar-refractivity contribution is 0.0729. The second kappa shape index (κ2) is 8.75. The van der Waals surface area contributed by atoms with Gasteiger partial charge >= 0.3 is 0 Å². The molecule has 1 amide bonds. The third kappa shape index (κ3) is 4.62. The van der Waals surface area contributed by atoms with Gasteiger partial charge in [0.15, 0.2) is 0 Å². The monoisotopic (exact) mass is 464 g/mol. The van der Waals surface area contributed by atoms with Gasteiger partial charge in [-0.2, -0.15) is 9.40 Å². The fourth-order valence-electron chi connectivity index (χ4n) is 3.08. The van der Waals surface area contributed by atoms with Crippen molar-refractivity contribution in [3.63, 3.8) is 0 Å². The van der Waals surface area contributed by atoms with Gasteiger partial charge in [0.05, 0.1) is 30.7 Å². The minimum atomic E-state index is -4.05. The lowest BCUT2D eigenvalue weighted by Crippen LogP contribution is -2.40. The van der Waals surface area contributed by atoms with E-state index in [9.17, 15) is 17.6 Å². The summed E-state index contributed by atoms with van der Waals surface area (Å²) in [6.45, 7) is 0.772. The van der Waals surface area contributed by atoms with Crippen molar-refractivity contribution >= 4 is 33.2 Å². The molecular formula is C20H18ClFN4O4S. The minimum absolute atomic E-state index is 0.141. The predicted octanol–water partition coefficient (Wildman–Crippen LogP) is 2.94. The number of morpholine rings is 1. The summed E-state index contributed by atoms with van der Waals surface area (Å²) < 4.78 is 47.7. The Labute approximate surface area is 183 Å². The molecule has 1 aliphatic heterocycles. The molecule has 11 heteroatoms. The SMILES string of the molecule is O=C(Nc1ccc(F)c(S(=O)(=O)N2CCOCC2)c1)c1cnn(-c2ccc(Cl)cc2)c1. The normalized spacial score (nSPS) is 15.0. The highest BCUT2D eigenvalue weighted by molar-refractivity contribution is 7.89. The van der Waals surface area contributed by atoms with E-state index in [4.69, 9.17) is 16.3 Å². The summed E-state index contributed by atoms with van der Waals surface area (Å²) in [5, 5.41) is 7.31. The van der Waals surface area contributed by atoms with Crippen LogP contribution in [0, 0.1) is 5.82 Å². The molecule has 8 nitrogen and oxygen atoms in total. The van der Waals surface area contributed by atoms with Gasteiger partial charge in [-0.25, -0.2) is 17.5 Å². The molecule has 1 fully saturated rings. The second-order valence-electron chi connectivity index (χ2n) is 6.77. The number of benzene rings is 2.